The second-order valence-corrected chi connectivity index (χ2v) is 3.62. The Morgan fingerprint density at radius 2 is 2.00 bits per heavy atom. The van der Waals surface area contributed by atoms with Crippen molar-refractivity contribution in [1.82, 2.24) is 15.5 Å². The first-order valence-electron chi connectivity index (χ1n) is 4.65. The van der Waals surface area contributed by atoms with E-state index in [1.54, 1.807) is 0 Å². The number of aromatic nitrogens is 2. The second kappa shape index (κ2) is 4.48. The Kier molecular flexibility index (Phi) is 3.04. The van der Waals surface area contributed by atoms with Gasteiger partial charge in [0, 0.05) is 12.3 Å². The average Bonchev–Trinajstić information content (AvgIpc) is 2.65. The molecule has 7 nitrogen and oxygen atoms in total. The zero-order valence-corrected chi connectivity index (χ0v) is 9.03. The van der Waals surface area contributed by atoms with Gasteiger partial charge in [-0.2, -0.15) is 0 Å². The van der Waals surface area contributed by atoms with E-state index in [4.69, 9.17) is 16.0 Å². The Morgan fingerprint density at radius 1 is 1.31 bits per heavy atom. The highest BCUT2D eigenvalue weighted by Gasteiger charge is 2.26. The van der Waals surface area contributed by atoms with E-state index in [1.807, 2.05) is 0 Å². The molecule has 0 saturated carbocycles. The predicted octanol–water partition coefficient (Wildman–Crippen LogP) is -0.686. The van der Waals surface area contributed by atoms with Crippen LogP contribution in [0.2, 0.25) is 0 Å². The van der Waals surface area contributed by atoms with Gasteiger partial charge in [0.15, 0.2) is 0 Å². The van der Waals surface area contributed by atoms with Crippen molar-refractivity contribution in [3.05, 3.63) is 5.89 Å². The van der Waals surface area contributed by atoms with E-state index in [2.05, 4.69) is 15.5 Å². The number of nitrogens with one attached hydrogen (secondary N) is 1. The van der Waals surface area contributed by atoms with Gasteiger partial charge in [-0.1, -0.05) is 5.10 Å². The molecule has 8 heteroatoms. The van der Waals surface area contributed by atoms with Crippen LogP contribution in [0.25, 0.3) is 0 Å². The van der Waals surface area contributed by atoms with E-state index in [9.17, 15) is 9.59 Å². The Hall–Kier alpha value is -1.63. The summed E-state index contributed by atoms with van der Waals surface area (Å²) in [5.41, 5.74) is 0. The number of nitrogens with zero attached hydrogens (tertiary/aromatic N) is 3. The van der Waals surface area contributed by atoms with Gasteiger partial charge in [-0.3, -0.25) is 14.9 Å². The first-order chi connectivity index (χ1) is 7.69. The molecule has 1 fully saturated rings. The van der Waals surface area contributed by atoms with Crippen LogP contribution >= 0.6 is 11.6 Å². The molecule has 0 atom stereocenters. The van der Waals surface area contributed by atoms with E-state index in [1.165, 1.54) is 4.90 Å². The van der Waals surface area contributed by atoms with Crippen molar-refractivity contribution >= 4 is 29.4 Å². The first kappa shape index (κ1) is 10.9. The third kappa shape index (κ3) is 2.30. The molecular weight excluding hydrogens is 236 g/mol. The van der Waals surface area contributed by atoms with Crippen molar-refractivity contribution in [3.8, 4) is 0 Å². The Morgan fingerprint density at radius 3 is 2.62 bits per heavy atom. The SMILES string of the molecule is O=C1CN(c2nnc(CCCl)o2)CC(=O)N1. The lowest BCUT2D eigenvalue weighted by molar-refractivity contribution is -0.130. The average molecular weight is 245 g/mol. The van der Waals surface area contributed by atoms with Gasteiger partial charge in [0.2, 0.25) is 17.7 Å². The van der Waals surface area contributed by atoms with Gasteiger partial charge >= 0.3 is 6.01 Å². The summed E-state index contributed by atoms with van der Waals surface area (Å²) in [7, 11) is 0. The summed E-state index contributed by atoms with van der Waals surface area (Å²) >= 11 is 5.52. The number of hydrogen-bond acceptors (Lipinski definition) is 6. The molecule has 2 heterocycles. The highest BCUT2D eigenvalue weighted by atomic mass is 35.5. The number of alkyl halides is 1. The molecule has 1 aromatic rings. The third-order valence-electron chi connectivity index (χ3n) is 1.98. The maximum atomic E-state index is 11.1. The lowest BCUT2D eigenvalue weighted by Crippen LogP contribution is -2.51. The minimum atomic E-state index is -0.381. The summed E-state index contributed by atoms with van der Waals surface area (Å²) in [6.45, 7) is 0.0719. The van der Waals surface area contributed by atoms with Crippen LogP contribution in [-0.2, 0) is 16.0 Å². The van der Waals surface area contributed by atoms with Crippen LogP contribution in [0.4, 0.5) is 6.01 Å². The molecule has 0 unspecified atom stereocenters. The zero-order valence-electron chi connectivity index (χ0n) is 8.27. The second-order valence-electron chi connectivity index (χ2n) is 3.24. The van der Waals surface area contributed by atoms with Crippen LogP contribution in [0.3, 0.4) is 0 Å². The number of anilines is 1. The molecule has 0 bridgehead atoms. The molecule has 86 valence electrons. The standard InChI is InChI=1S/C8H9ClN4O3/c9-2-1-7-11-12-8(16-7)13-3-5(14)10-6(15)4-13/h1-4H2,(H,10,14,15). The zero-order chi connectivity index (χ0) is 11.5. The van der Waals surface area contributed by atoms with Crippen LogP contribution in [0.1, 0.15) is 5.89 Å². The first-order valence-corrected chi connectivity index (χ1v) is 5.18. The van der Waals surface area contributed by atoms with E-state index in [0.717, 1.165) is 0 Å². The van der Waals surface area contributed by atoms with Crippen molar-refractivity contribution in [2.45, 2.75) is 6.42 Å². The summed E-state index contributed by atoms with van der Waals surface area (Å²) in [5, 5.41) is 9.67. The van der Waals surface area contributed by atoms with Crippen LogP contribution in [0.5, 0.6) is 0 Å². The number of hydrogen-bond donors (Lipinski definition) is 1. The van der Waals surface area contributed by atoms with Gasteiger partial charge in [-0.05, 0) is 0 Å². The molecule has 1 N–H and O–H groups in total. The third-order valence-corrected chi connectivity index (χ3v) is 2.17. The van der Waals surface area contributed by atoms with Gasteiger partial charge < -0.3 is 9.32 Å². The van der Waals surface area contributed by atoms with E-state index in [0.29, 0.717) is 18.2 Å². The van der Waals surface area contributed by atoms with Crippen molar-refractivity contribution in [3.63, 3.8) is 0 Å². The normalized spacial score (nSPS) is 16.4. The molecule has 0 aliphatic carbocycles. The number of amides is 2. The van der Waals surface area contributed by atoms with Crippen molar-refractivity contribution in [2.24, 2.45) is 0 Å². The van der Waals surface area contributed by atoms with E-state index < -0.39 is 0 Å². The molecule has 0 aromatic carbocycles. The summed E-state index contributed by atoms with van der Waals surface area (Å²) < 4.78 is 5.25. The van der Waals surface area contributed by atoms with E-state index >= 15 is 0 Å². The number of carbonyl (C=O) groups excluding carboxylic acids is 2. The van der Waals surface area contributed by atoms with Crippen LogP contribution in [0.15, 0.2) is 4.42 Å². The highest BCUT2D eigenvalue weighted by Crippen LogP contribution is 2.13. The summed E-state index contributed by atoms with van der Waals surface area (Å²) in [5.74, 6) is 0.00578. The highest BCUT2D eigenvalue weighted by molar-refractivity contribution is 6.17. The predicted molar refractivity (Wildman–Crippen MR) is 54.1 cm³/mol. The molecule has 1 aliphatic rings. The number of carbonyl (C=O) groups is 2. The van der Waals surface area contributed by atoms with Crippen molar-refractivity contribution in [1.29, 1.82) is 0 Å². The summed E-state index contributed by atoms with van der Waals surface area (Å²) in [4.78, 5) is 23.6. The largest absolute Gasteiger partial charge is 0.408 e. The molecule has 1 aromatic heterocycles. The maximum absolute atomic E-state index is 11.1. The molecule has 0 spiro atoms. The van der Waals surface area contributed by atoms with Gasteiger partial charge in [-0.25, -0.2) is 0 Å². The molecule has 16 heavy (non-hydrogen) atoms. The minimum Gasteiger partial charge on any atom is -0.408 e. The van der Waals surface area contributed by atoms with Gasteiger partial charge in [-0.15, -0.1) is 16.7 Å². The fourth-order valence-corrected chi connectivity index (χ4v) is 1.49. The number of rotatable bonds is 3. The fourth-order valence-electron chi connectivity index (χ4n) is 1.33. The van der Waals surface area contributed by atoms with Crippen molar-refractivity contribution in [2.75, 3.05) is 23.9 Å². The van der Waals surface area contributed by atoms with Crippen LogP contribution in [-0.4, -0.2) is 41.0 Å². The maximum Gasteiger partial charge on any atom is 0.319 e. The number of piperazine rings is 1. The fraction of sp³-hybridized carbons (Fsp3) is 0.500. The Labute approximate surface area is 95.8 Å². The molecule has 2 rings (SSSR count). The summed E-state index contributed by atoms with van der Waals surface area (Å²) in [6, 6.07) is 0.170. The van der Waals surface area contributed by atoms with Gasteiger partial charge in [0.05, 0.1) is 0 Å². The molecule has 1 saturated heterocycles. The molecule has 0 radical (unpaired) electrons. The summed E-state index contributed by atoms with van der Waals surface area (Å²) in [6.07, 6.45) is 0.461. The molecule has 2 amide bonds. The Balaban J connectivity index is 2.10. The van der Waals surface area contributed by atoms with E-state index in [-0.39, 0.29) is 30.9 Å². The quantitative estimate of drug-likeness (QED) is 0.560. The number of aryl methyl sites for hydroxylation is 1. The van der Waals surface area contributed by atoms with Crippen molar-refractivity contribution < 1.29 is 14.0 Å². The van der Waals surface area contributed by atoms with Gasteiger partial charge in [0.1, 0.15) is 13.1 Å². The topological polar surface area (TPSA) is 88.3 Å². The number of imide groups is 1. The van der Waals surface area contributed by atoms with Crippen LogP contribution in [0, 0.1) is 0 Å². The lowest BCUT2D eigenvalue weighted by Gasteiger charge is -2.22. The lowest BCUT2D eigenvalue weighted by atomic mass is 10.4. The van der Waals surface area contributed by atoms with Crippen LogP contribution < -0.4 is 10.2 Å². The number of halogens is 1. The smallest absolute Gasteiger partial charge is 0.319 e. The van der Waals surface area contributed by atoms with Gasteiger partial charge in [0.25, 0.3) is 0 Å². The molecular formula is C8H9ClN4O3. The monoisotopic (exact) mass is 244 g/mol. The minimum absolute atomic E-state index is 0.0360. The Bertz CT molecular complexity index is 403. The molecule has 1 aliphatic heterocycles.